The smallest absolute Gasteiger partial charge is 0.256 e. The maximum absolute atomic E-state index is 13.0. The molecule has 28 heavy (non-hydrogen) atoms. The summed E-state index contributed by atoms with van der Waals surface area (Å²) in [6.07, 6.45) is 10.9. The number of rotatable bonds is 3. The lowest BCUT2D eigenvalue weighted by Gasteiger charge is -2.25. The van der Waals surface area contributed by atoms with Gasteiger partial charge in [-0.3, -0.25) is 9.48 Å². The van der Waals surface area contributed by atoms with E-state index >= 15 is 0 Å². The zero-order chi connectivity index (χ0) is 18.9. The number of hydrogen-bond acceptors (Lipinski definition) is 2. The van der Waals surface area contributed by atoms with Crippen molar-refractivity contribution in [2.24, 2.45) is 0 Å². The van der Waals surface area contributed by atoms with Gasteiger partial charge in [0.25, 0.3) is 5.91 Å². The summed E-state index contributed by atoms with van der Waals surface area (Å²) in [5, 5.41) is 10.3. The zero-order valence-electron chi connectivity index (χ0n) is 16.3. The summed E-state index contributed by atoms with van der Waals surface area (Å²) < 4.78 is 2.27. The van der Waals surface area contributed by atoms with Crippen molar-refractivity contribution in [3.63, 3.8) is 0 Å². The van der Waals surface area contributed by atoms with Gasteiger partial charge in [-0.05, 0) is 61.4 Å². The van der Waals surface area contributed by atoms with Crippen molar-refractivity contribution in [2.45, 2.75) is 63.8 Å². The Morgan fingerprint density at radius 1 is 0.929 bits per heavy atom. The number of amides is 1. The van der Waals surface area contributed by atoms with Crippen molar-refractivity contribution in [2.75, 3.05) is 5.32 Å². The second kappa shape index (κ2) is 7.42. The molecule has 1 amide bonds. The fourth-order valence-electron chi connectivity index (χ4n) is 4.86. The van der Waals surface area contributed by atoms with Gasteiger partial charge in [0.2, 0.25) is 0 Å². The summed E-state index contributed by atoms with van der Waals surface area (Å²) >= 11 is 0. The van der Waals surface area contributed by atoms with Crippen LogP contribution in [0.1, 0.15) is 72.6 Å². The van der Waals surface area contributed by atoms with E-state index in [1.807, 2.05) is 36.4 Å². The summed E-state index contributed by atoms with van der Waals surface area (Å²) in [6, 6.07) is 14.5. The predicted octanol–water partition coefficient (Wildman–Crippen LogP) is 5.67. The van der Waals surface area contributed by atoms with Crippen molar-refractivity contribution >= 4 is 22.5 Å². The van der Waals surface area contributed by atoms with Gasteiger partial charge in [0, 0.05) is 16.8 Å². The van der Waals surface area contributed by atoms with Crippen LogP contribution >= 0.6 is 0 Å². The molecule has 1 saturated carbocycles. The number of benzene rings is 2. The molecule has 0 spiro atoms. The van der Waals surface area contributed by atoms with Crippen LogP contribution in [0.4, 0.5) is 5.82 Å². The molecular formula is C24H27N3O. The van der Waals surface area contributed by atoms with Crippen LogP contribution in [-0.2, 0) is 12.8 Å². The molecule has 4 heteroatoms. The normalized spacial score (nSPS) is 17.4. The first kappa shape index (κ1) is 17.5. The monoisotopic (exact) mass is 373 g/mol. The molecule has 0 bridgehead atoms. The van der Waals surface area contributed by atoms with Gasteiger partial charge in [-0.15, -0.1) is 0 Å². The molecule has 2 aliphatic carbocycles. The van der Waals surface area contributed by atoms with Crippen molar-refractivity contribution in [1.82, 2.24) is 9.78 Å². The van der Waals surface area contributed by atoms with Crippen molar-refractivity contribution < 1.29 is 4.79 Å². The third-order valence-electron chi connectivity index (χ3n) is 6.37. The van der Waals surface area contributed by atoms with Crippen LogP contribution in [0.3, 0.4) is 0 Å². The highest BCUT2D eigenvalue weighted by Gasteiger charge is 2.26. The van der Waals surface area contributed by atoms with E-state index in [0.717, 1.165) is 29.4 Å². The minimum Gasteiger partial charge on any atom is -0.305 e. The largest absolute Gasteiger partial charge is 0.305 e. The van der Waals surface area contributed by atoms with Gasteiger partial charge < -0.3 is 5.32 Å². The summed E-state index contributed by atoms with van der Waals surface area (Å²) in [4.78, 5) is 13.0. The molecule has 5 rings (SSSR count). The molecule has 2 aliphatic rings. The maximum Gasteiger partial charge on any atom is 0.256 e. The SMILES string of the molecule is O=C(Nc1nn(C2CCCCC2)c2c1CCCC2)c1ccc2ccccc2c1. The molecule has 1 fully saturated rings. The number of aromatic nitrogens is 2. The summed E-state index contributed by atoms with van der Waals surface area (Å²) in [5.41, 5.74) is 3.33. The molecule has 144 valence electrons. The van der Waals surface area contributed by atoms with E-state index in [2.05, 4.69) is 16.1 Å². The maximum atomic E-state index is 13.0. The lowest BCUT2D eigenvalue weighted by molar-refractivity contribution is 0.102. The van der Waals surface area contributed by atoms with E-state index in [-0.39, 0.29) is 5.91 Å². The fraction of sp³-hybridized carbons (Fsp3) is 0.417. The average Bonchev–Trinajstić information content (AvgIpc) is 3.12. The Kier molecular flexibility index (Phi) is 4.63. The van der Waals surface area contributed by atoms with Crippen LogP contribution in [0.5, 0.6) is 0 Å². The van der Waals surface area contributed by atoms with E-state index in [9.17, 15) is 4.79 Å². The van der Waals surface area contributed by atoms with Crippen molar-refractivity contribution in [3.05, 3.63) is 59.3 Å². The number of carbonyl (C=O) groups is 1. The van der Waals surface area contributed by atoms with Gasteiger partial charge in [0.1, 0.15) is 0 Å². The van der Waals surface area contributed by atoms with Gasteiger partial charge in [-0.2, -0.15) is 5.10 Å². The molecule has 0 atom stereocenters. The Balaban J connectivity index is 1.45. The van der Waals surface area contributed by atoms with E-state index in [4.69, 9.17) is 5.10 Å². The van der Waals surface area contributed by atoms with Gasteiger partial charge in [-0.25, -0.2) is 0 Å². The number of nitrogens with one attached hydrogen (secondary N) is 1. The molecule has 1 N–H and O–H groups in total. The lowest BCUT2D eigenvalue weighted by Crippen LogP contribution is -2.18. The van der Waals surface area contributed by atoms with Gasteiger partial charge in [0.15, 0.2) is 5.82 Å². The third kappa shape index (κ3) is 3.21. The highest BCUT2D eigenvalue weighted by molar-refractivity contribution is 6.06. The van der Waals surface area contributed by atoms with Crippen LogP contribution in [0.2, 0.25) is 0 Å². The first-order valence-electron chi connectivity index (χ1n) is 10.7. The van der Waals surface area contributed by atoms with Gasteiger partial charge >= 0.3 is 0 Å². The van der Waals surface area contributed by atoms with Crippen LogP contribution < -0.4 is 5.32 Å². The Morgan fingerprint density at radius 2 is 1.71 bits per heavy atom. The molecule has 1 heterocycles. The highest BCUT2D eigenvalue weighted by Crippen LogP contribution is 2.35. The van der Waals surface area contributed by atoms with Crippen molar-refractivity contribution in [3.8, 4) is 0 Å². The third-order valence-corrected chi connectivity index (χ3v) is 6.37. The first-order valence-corrected chi connectivity index (χ1v) is 10.7. The molecule has 3 aromatic rings. The zero-order valence-corrected chi connectivity index (χ0v) is 16.3. The standard InChI is InChI=1S/C24H27N3O/c28-24(19-15-14-17-8-4-5-9-18(17)16-19)25-23-21-12-6-7-13-22(21)27(26-23)20-10-2-1-3-11-20/h4-5,8-9,14-16,20H,1-3,6-7,10-13H2,(H,25,26,28). The highest BCUT2D eigenvalue weighted by atomic mass is 16.1. The first-order chi connectivity index (χ1) is 13.8. The molecule has 0 aliphatic heterocycles. The summed E-state index contributed by atoms with van der Waals surface area (Å²) in [7, 11) is 0. The summed E-state index contributed by atoms with van der Waals surface area (Å²) in [5.74, 6) is 0.728. The number of nitrogens with zero attached hydrogens (tertiary/aromatic N) is 2. The van der Waals surface area contributed by atoms with E-state index in [1.54, 1.807) is 0 Å². The van der Waals surface area contributed by atoms with Gasteiger partial charge in [-0.1, -0.05) is 49.6 Å². The number of anilines is 1. The number of carbonyl (C=O) groups excluding carboxylic acids is 1. The molecule has 0 unspecified atom stereocenters. The molecule has 0 saturated heterocycles. The Hall–Kier alpha value is -2.62. The molecular weight excluding hydrogens is 346 g/mol. The van der Waals surface area contributed by atoms with Crippen LogP contribution in [0, 0.1) is 0 Å². The number of hydrogen-bond donors (Lipinski definition) is 1. The van der Waals surface area contributed by atoms with E-state index < -0.39 is 0 Å². The van der Waals surface area contributed by atoms with Crippen LogP contribution in [0.25, 0.3) is 10.8 Å². The second-order valence-electron chi connectivity index (χ2n) is 8.23. The van der Waals surface area contributed by atoms with E-state index in [0.29, 0.717) is 11.6 Å². The van der Waals surface area contributed by atoms with Crippen molar-refractivity contribution in [1.29, 1.82) is 0 Å². The Morgan fingerprint density at radius 3 is 2.57 bits per heavy atom. The average molecular weight is 374 g/mol. The van der Waals surface area contributed by atoms with Gasteiger partial charge in [0.05, 0.1) is 6.04 Å². The molecule has 0 radical (unpaired) electrons. The van der Waals surface area contributed by atoms with Crippen LogP contribution in [-0.4, -0.2) is 15.7 Å². The Labute approximate surface area is 165 Å². The molecule has 4 nitrogen and oxygen atoms in total. The second-order valence-corrected chi connectivity index (χ2v) is 8.23. The lowest BCUT2D eigenvalue weighted by atomic mass is 9.93. The quantitative estimate of drug-likeness (QED) is 0.643. The number of fused-ring (bicyclic) bond motifs is 2. The molecule has 2 aromatic carbocycles. The minimum atomic E-state index is -0.0626. The topological polar surface area (TPSA) is 46.9 Å². The molecule has 1 aromatic heterocycles. The predicted molar refractivity (Wildman–Crippen MR) is 113 cm³/mol. The fourth-order valence-corrected chi connectivity index (χ4v) is 4.86. The minimum absolute atomic E-state index is 0.0626. The van der Waals surface area contributed by atoms with E-state index in [1.165, 1.54) is 56.2 Å². The van der Waals surface area contributed by atoms with Crippen LogP contribution in [0.15, 0.2) is 42.5 Å². The Bertz CT molecular complexity index is 1010. The summed E-state index contributed by atoms with van der Waals surface area (Å²) in [6.45, 7) is 0.